The van der Waals surface area contributed by atoms with Crippen LogP contribution in [0.4, 0.5) is 4.79 Å². The highest BCUT2D eigenvalue weighted by Gasteiger charge is 2.39. The van der Waals surface area contributed by atoms with Crippen molar-refractivity contribution in [1.29, 1.82) is 0 Å². The first-order valence-corrected chi connectivity index (χ1v) is 10.6. The van der Waals surface area contributed by atoms with Crippen LogP contribution < -0.4 is 5.32 Å². The molecule has 0 radical (unpaired) electrons. The zero-order chi connectivity index (χ0) is 21.7. The fourth-order valence-corrected chi connectivity index (χ4v) is 4.05. The minimum atomic E-state index is -0.672. The predicted octanol–water partition coefficient (Wildman–Crippen LogP) is 2.66. The summed E-state index contributed by atoms with van der Waals surface area (Å²) in [6.07, 6.45) is 1.65. The number of carbonyl (C=O) groups is 2. The molecule has 3 rings (SSSR count). The van der Waals surface area contributed by atoms with Gasteiger partial charge in [-0.15, -0.1) is 6.58 Å². The van der Waals surface area contributed by atoms with Crippen LogP contribution in [-0.2, 0) is 9.53 Å². The number of hydrogen-bond acceptors (Lipinski definition) is 5. The number of urea groups is 1. The molecule has 0 aliphatic carbocycles. The summed E-state index contributed by atoms with van der Waals surface area (Å²) < 4.78 is 5.40. The lowest BCUT2D eigenvalue weighted by molar-refractivity contribution is -0.139. The van der Waals surface area contributed by atoms with Gasteiger partial charge in [-0.25, -0.2) is 9.59 Å². The third-order valence-corrected chi connectivity index (χ3v) is 5.78. The number of rotatable bonds is 7. The highest BCUT2D eigenvalue weighted by atomic mass is 35.5. The molecule has 162 valence electrons. The van der Waals surface area contributed by atoms with Gasteiger partial charge >= 0.3 is 12.0 Å². The van der Waals surface area contributed by atoms with E-state index in [1.807, 2.05) is 18.2 Å². The molecule has 1 atom stereocenters. The summed E-state index contributed by atoms with van der Waals surface area (Å²) in [5, 5.41) is 3.43. The van der Waals surface area contributed by atoms with Gasteiger partial charge in [0, 0.05) is 50.0 Å². The van der Waals surface area contributed by atoms with Crippen molar-refractivity contribution in [2.24, 2.45) is 0 Å². The summed E-state index contributed by atoms with van der Waals surface area (Å²) in [4.78, 5) is 32.2. The van der Waals surface area contributed by atoms with Crippen LogP contribution in [0, 0.1) is 0 Å². The van der Waals surface area contributed by atoms with E-state index in [0.29, 0.717) is 34.9 Å². The van der Waals surface area contributed by atoms with E-state index in [1.165, 1.54) is 0 Å². The highest BCUT2D eigenvalue weighted by Crippen LogP contribution is 2.35. The summed E-state index contributed by atoms with van der Waals surface area (Å²) in [6.45, 7) is 10.1. The first kappa shape index (κ1) is 22.3. The maximum atomic E-state index is 13.1. The molecule has 2 amide bonds. The van der Waals surface area contributed by atoms with Gasteiger partial charge < -0.3 is 15.0 Å². The van der Waals surface area contributed by atoms with Crippen molar-refractivity contribution >= 4 is 23.6 Å². The number of ether oxygens (including phenoxy) is 1. The Bertz CT molecular complexity index is 833. The zero-order valence-corrected chi connectivity index (χ0v) is 18.3. The number of nitrogens with zero attached hydrogens (tertiary/aromatic N) is 3. The largest absolute Gasteiger partial charge is 0.463 e. The highest BCUT2D eigenvalue weighted by molar-refractivity contribution is 6.31. The minimum absolute atomic E-state index is 0.245. The smallest absolute Gasteiger partial charge is 0.338 e. The van der Waals surface area contributed by atoms with Crippen molar-refractivity contribution in [2.75, 3.05) is 52.9 Å². The Labute approximate surface area is 182 Å². The standard InChI is InChI=1S/C22H29ClN4O3/c1-4-10-27-18(15-26-13-11-25(3)12-14-26)19(21(28)30-5-2)20(24-22(27)29)16-8-6-7-9-17(16)23/h4,6-9,20H,1,5,10-15H2,2-3H3,(H,24,29)/t20-/m0/s1. The van der Waals surface area contributed by atoms with Gasteiger partial charge in [0.2, 0.25) is 0 Å². The average Bonchev–Trinajstić information content (AvgIpc) is 2.72. The third kappa shape index (κ3) is 4.86. The molecule has 1 aromatic rings. The van der Waals surface area contributed by atoms with Crippen LogP contribution in [-0.4, -0.2) is 79.6 Å². The van der Waals surface area contributed by atoms with Crippen molar-refractivity contribution in [2.45, 2.75) is 13.0 Å². The molecular formula is C22H29ClN4O3. The molecule has 1 saturated heterocycles. The monoisotopic (exact) mass is 432 g/mol. The van der Waals surface area contributed by atoms with Gasteiger partial charge in [0.25, 0.3) is 0 Å². The molecule has 2 aliphatic heterocycles. The molecule has 0 aromatic heterocycles. The number of carbonyl (C=O) groups excluding carboxylic acids is 2. The van der Waals surface area contributed by atoms with Crippen molar-refractivity contribution in [3.05, 3.63) is 58.8 Å². The lowest BCUT2D eigenvalue weighted by Crippen LogP contribution is -2.52. The van der Waals surface area contributed by atoms with Crippen molar-refractivity contribution in [1.82, 2.24) is 20.0 Å². The number of benzene rings is 1. The van der Waals surface area contributed by atoms with E-state index in [4.69, 9.17) is 16.3 Å². The van der Waals surface area contributed by atoms with Gasteiger partial charge in [0.15, 0.2) is 0 Å². The quantitative estimate of drug-likeness (QED) is 0.530. The van der Waals surface area contributed by atoms with E-state index in [2.05, 4.69) is 28.7 Å². The number of nitrogens with one attached hydrogen (secondary N) is 1. The van der Waals surface area contributed by atoms with Crippen molar-refractivity contribution < 1.29 is 14.3 Å². The lowest BCUT2D eigenvalue weighted by Gasteiger charge is -2.40. The van der Waals surface area contributed by atoms with Crippen LogP contribution in [0.2, 0.25) is 5.02 Å². The lowest BCUT2D eigenvalue weighted by atomic mass is 9.94. The Morgan fingerprint density at radius 3 is 2.63 bits per heavy atom. The maximum absolute atomic E-state index is 13.1. The Morgan fingerprint density at radius 1 is 1.30 bits per heavy atom. The van der Waals surface area contributed by atoms with E-state index in [1.54, 1.807) is 24.0 Å². The molecule has 1 N–H and O–H groups in total. The molecule has 0 unspecified atom stereocenters. The SMILES string of the molecule is C=CCN1C(=O)N[C@@H](c2ccccc2Cl)C(C(=O)OCC)=C1CN1CCN(C)CC1. The number of hydrogen-bond donors (Lipinski definition) is 1. The van der Waals surface area contributed by atoms with E-state index < -0.39 is 12.0 Å². The summed E-state index contributed by atoms with van der Waals surface area (Å²) in [7, 11) is 2.09. The third-order valence-electron chi connectivity index (χ3n) is 5.43. The van der Waals surface area contributed by atoms with Gasteiger partial charge in [0.05, 0.1) is 18.2 Å². The number of halogens is 1. The molecule has 2 heterocycles. The van der Waals surface area contributed by atoms with Crippen molar-refractivity contribution in [3.63, 3.8) is 0 Å². The number of amides is 2. The topological polar surface area (TPSA) is 65.1 Å². The van der Waals surface area contributed by atoms with Gasteiger partial charge in [0.1, 0.15) is 0 Å². The molecule has 7 nitrogen and oxygen atoms in total. The Balaban J connectivity index is 2.09. The first-order valence-electron chi connectivity index (χ1n) is 10.2. The van der Waals surface area contributed by atoms with Gasteiger partial charge in [-0.2, -0.15) is 0 Å². The van der Waals surface area contributed by atoms with Crippen LogP contribution in [0.25, 0.3) is 0 Å². The summed E-state index contributed by atoms with van der Waals surface area (Å²) >= 11 is 6.43. The van der Waals surface area contributed by atoms with Gasteiger partial charge in [-0.05, 0) is 25.6 Å². The Morgan fingerprint density at radius 2 is 2.00 bits per heavy atom. The second kappa shape index (κ2) is 10.1. The summed E-state index contributed by atoms with van der Waals surface area (Å²) in [6, 6.07) is 6.28. The van der Waals surface area contributed by atoms with E-state index in [9.17, 15) is 9.59 Å². The van der Waals surface area contributed by atoms with Crippen LogP contribution in [0.1, 0.15) is 18.5 Å². The fourth-order valence-electron chi connectivity index (χ4n) is 3.81. The zero-order valence-electron chi connectivity index (χ0n) is 17.6. The molecule has 2 aliphatic rings. The van der Waals surface area contributed by atoms with E-state index >= 15 is 0 Å². The van der Waals surface area contributed by atoms with E-state index in [0.717, 1.165) is 26.2 Å². The van der Waals surface area contributed by atoms with Crippen LogP contribution in [0.15, 0.2) is 48.2 Å². The second-order valence-electron chi connectivity index (χ2n) is 7.46. The predicted molar refractivity (Wildman–Crippen MR) is 117 cm³/mol. The van der Waals surface area contributed by atoms with E-state index in [-0.39, 0.29) is 12.6 Å². The van der Waals surface area contributed by atoms with Crippen molar-refractivity contribution in [3.8, 4) is 0 Å². The Kier molecular flexibility index (Phi) is 7.53. The molecule has 30 heavy (non-hydrogen) atoms. The average molecular weight is 433 g/mol. The molecular weight excluding hydrogens is 404 g/mol. The second-order valence-corrected chi connectivity index (χ2v) is 7.87. The summed E-state index contributed by atoms with van der Waals surface area (Å²) in [5.74, 6) is -0.444. The molecule has 1 fully saturated rings. The molecule has 0 saturated carbocycles. The molecule has 0 spiro atoms. The van der Waals surface area contributed by atoms with Crippen LogP contribution in [0.5, 0.6) is 0 Å². The molecule has 1 aromatic carbocycles. The van der Waals surface area contributed by atoms with Crippen LogP contribution >= 0.6 is 11.6 Å². The van der Waals surface area contributed by atoms with Gasteiger partial charge in [-0.1, -0.05) is 35.9 Å². The van der Waals surface area contributed by atoms with Crippen LogP contribution in [0.3, 0.4) is 0 Å². The normalized spacial score (nSPS) is 20.8. The molecule has 0 bridgehead atoms. The Hall–Kier alpha value is -2.35. The minimum Gasteiger partial charge on any atom is -0.463 e. The number of likely N-dealkylation sites (N-methyl/N-ethyl adjacent to an activating group) is 1. The first-order chi connectivity index (χ1) is 14.5. The summed E-state index contributed by atoms with van der Waals surface area (Å²) in [5.41, 5.74) is 1.74. The van der Waals surface area contributed by atoms with Gasteiger partial charge in [-0.3, -0.25) is 9.80 Å². The fraction of sp³-hybridized carbons (Fsp3) is 0.455. The maximum Gasteiger partial charge on any atom is 0.338 e. The molecule has 8 heteroatoms. The number of esters is 1. The number of piperazine rings is 1.